The van der Waals surface area contributed by atoms with Gasteiger partial charge in [0.15, 0.2) is 18.0 Å². The Morgan fingerprint density at radius 1 is 1.03 bits per heavy atom. The number of aryl methyl sites for hydroxylation is 1. The van der Waals surface area contributed by atoms with Crippen molar-refractivity contribution in [3.05, 3.63) is 29.8 Å². The van der Waals surface area contributed by atoms with E-state index in [0.29, 0.717) is 0 Å². The molecule has 1 aromatic carbocycles. The molecule has 0 aliphatic carbocycles. The van der Waals surface area contributed by atoms with Crippen molar-refractivity contribution in [2.24, 2.45) is 0 Å². The lowest BCUT2D eigenvalue weighted by molar-refractivity contribution is -0.337. The molecule has 172 valence electrons. The molecule has 1 aromatic rings. The number of carbonyl (C=O) groups is 2. The van der Waals surface area contributed by atoms with E-state index in [0.717, 1.165) is 19.4 Å². The zero-order valence-corrected chi connectivity index (χ0v) is 18.8. The molecule has 0 amide bonds. The second-order valence-corrected chi connectivity index (χ2v) is 9.49. The summed E-state index contributed by atoms with van der Waals surface area (Å²) in [7, 11) is -4.24. The molecule has 0 unspecified atom stereocenters. The van der Waals surface area contributed by atoms with Crippen LogP contribution in [0.4, 0.5) is 0 Å². The van der Waals surface area contributed by atoms with Crippen LogP contribution in [0, 0.1) is 6.92 Å². The Kier molecular flexibility index (Phi) is 6.45. The molecule has 31 heavy (non-hydrogen) atoms. The molecule has 0 bridgehead atoms. The van der Waals surface area contributed by atoms with Crippen LogP contribution in [0.3, 0.4) is 0 Å². The Bertz CT molecular complexity index is 939. The maximum absolute atomic E-state index is 12.8. The van der Waals surface area contributed by atoms with E-state index in [1.54, 1.807) is 26.0 Å². The Morgan fingerprint density at radius 2 is 1.65 bits per heavy atom. The molecule has 2 heterocycles. The molecule has 2 fully saturated rings. The SMILES string of the molecule is CC(=O)O[C@H]1[C@@H](OS(=O)(=O)c2ccc(C)cc2)CO[C@]2(COC(C)(C)O2)[C@H]1OC(C)=O. The maximum atomic E-state index is 12.8. The minimum Gasteiger partial charge on any atom is -0.455 e. The topological polar surface area (TPSA) is 124 Å². The molecule has 3 rings (SSSR count). The van der Waals surface area contributed by atoms with Crippen molar-refractivity contribution in [1.82, 2.24) is 0 Å². The van der Waals surface area contributed by atoms with Crippen LogP contribution in [0.25, 0.3) is 0 Å². The van der Waals surface area contributed by atoms with Crippen LogP contribution in [0.1, 0.15) is 33.3 Å². The predicted molar refractivity (Wildman–Crippen MR) is 104 cm³/mol. The van der Waals surface area contributed by atoms with Crippen molar-refractivity contribution in [3.63, 3.8) is 0 Å². The third-order valence-electron chi connectivity index (χ3n) is 4.78. The van der Waals surface area contributed by atoms with Crippen molar-refractivity contribution in [3.8, 4) is 0 Å². The Labute approximate surface area is 180 Å². The number of hydrogen-bond acceptors (Lipinski definition) is 10. The molecule has 10 nitrogen and oxygen atoms in total. The number of rotatable bonds is 5. The number of esters is 2. The standard InChI is InChI=1S/C20H26O10S/c1-12-6-8-15(9-7-12)31(23,24)29-16-10-25-20(11-26-19(4,5)30-20)18(28-14(3)22)17(16)27-13(2)21/h6-9,16-18H,10-11H2,1-5H3/t16-,17-,18-,20-/m0/s1. The van der Waals surface area contributed by atoms with Crippen molar-refractivity contribution < 1.29 is 45.9 Å². The van der Waals surface area contributed by atoms with Crippen LogP contribution in [0.5, 0.6) is 0 Å². The van der Waals surface area contributed by atoms with Gasteiger partial charge in [0.05, 0.1) is 11.5 Å². The molecule has 4 atom stereocenters. The highest BCUT2D eigenvalue weighted by Gasteiger charge is 2.62. The third kappa shape index (κ3) is 5.24. The number of ether oxygens (including phenoxy) is 5. The van der Waals surface area contributed by atoms with E-state index in [2.05, 4.69) is 0 Å². The van der Waals surface area contributed by atoms with Gasteiger partial charge in [0.1, 0.15) is 12.7 Å². The molecule has 2 aliphatic rings. The minimum absolute atomic E-state index is 0.0782. The van der Waals surface area contributed by atoms with E-state index in [4.69, 9.17) is 27.9 Å². The van der Waals surface area contributed by atoms with Gasteiger partial charge in [0.2, 0.25) is 5.79 Å². The summed E-state index contributed by atoms with van der Waals surface area (Å²) in [4.78, 5) is 23.6. The molecule has 0 saturated carbocycles. The Hall–Kier alpha value is -2.05. The zero-order valence-electron chi connectivity index (χ0n) is 17.9. The van der Waals surface area contributed by atoms with Gasteiger partial charge in [-0.2, -0.15) is 8.42 Å². The fraction of sp³-hybridized carbons (Fsp3) is 0.600. The van der Waals surface area contributed by atoms with E-state index in [1.165, 1.54) is 12.1 Å². The molecule has 2 saturated heterocycles. The van der Waals surface area contributed by atoms with Crippen LogP contribution >= 0.6 is 0 Å². The fourth-order valence-corrected chi connectivity index (χ4v) is 4.55. The summed E-state index contributed by atoms with van der Waals surface area (Å²) in [5.74, 6) is -4.09. The highest BCUT2D eigenvalue weighted by molar-refractivity contribution is 7.86. The molecule has 2 aliphatic heterocycles. The highest BCUT2D eigenvalue weighted by Crippen LogP contribution is 2.42. The van der Waals surface area contributed by atoms with Gasteiger partial charge in [0, 0.05) is 13.8 Å². The van der Waals surface area contributed by atoms with Crippen LogP contribution < -0.4 is 0 Å². The first-order valence-electron chi connectivity index (χ1n) is 9.66. The van der Waals surface area contributed by atoms with Gasteiger partial charge in [-0.3, -0.25) is 13.8 Å². The van der Waals surface area contributed by atoms with Gasteiger partial charge in [-0.05, 0) is 32.9 Å². The predicted octanol–water partition coefficient (Wildman–Crippen LogP) is 1.44. The van der Waals surface area contributed by atoms with Gasteiger partial charge in [-0.15, -0.1) is 0 Å². The second-order valence-electron chi connectivity index (χ2n) is 7.92. The van der Waals surface area contributed by atoms with E-state index in [-0.39, 0.29) is 18.1 Å². The fourth-order valence-electron chi connectivity index (χ4n) is 3.48. The lowest BCUT2D eigenvalue weighted by Crippen LogP contribution is -2.65. The largest absolute Gasteiger partial charge is 0.455 e. The molecular formula is C20H26O10S. The number of hydrogen-bond donors (Lipinski definition) is 0. The summed E-state index contributed by atoms with van der Waals surface area (Å²) < 4.78 is 58.9. The normalized spacial score (nSPS) is 30.2. The van der Waals surface area contributed by atoms with Crippen molar-refractivity contribution in [2.75, 3.05) is 13.2 Å². The summed E-state index contributed by atoms with van der Waals surface area (Å²) in [6.07, 6.45) is -3.95. The second kappa shape index (κ2) is 8.47. The first-order chi connectivity index (χ1) is 14.3. The molecule has 0 N–H and O–H groups in total. The van der Waals surface area contributed by atoms with Crippen LogP contribution in [-0.2, 0) is 47.6 Å². The van der Waals surface area contributed by atoms with E-state index >= 15 is 0 Å². The molecule has 0 aromatic heterocycles. The molecule has 11 heteroatoms. The summed E-state index contributed by atoms with van der Waals surface area (Å²) >= 11 is 0. The third-order valence-corrected chi connectivity index (χ3v) is 6.13. The van der Waals surface area contributed by atoms with Gasteiger partial charge in [0.25, 0.3) is 10.1 Å². The van der Waals surface area contributed by atoms with Crippen molar-refractivity contribution in [1.29, 1.82) is 0 Å². The number of carbonyl (C=O) groups excluding carboxylic acids is 2. The average molecular weight is 458 g/mol. The van der Waals surface area contributed by atoms with Gasteiger partial charge in [-0.1, -0.05) is 17.7 Å². The minimum atomic E-state index is -4.24. The lowest BCUT2D eigenvalue weighted by Gasteiger charge is -2.45. The molecular weight excluding hydrogens is 432 g/mol. The van der Waals surface area contributed by atoms with E-state index in [9.17, 15) is 18.0 Å². The Balaban J connectivity index is 1.94. The monoisotopic (exact) mass is 458 g/mol. The first kappa shape index (κ1) is 23.6. The van der Waals surface area contributed by atoms with Crippen molar-refractivity contribution in [2.45, 2.75) is 69.4 Å². The van der Waals surface area contributed by atoms with E-state index in [1.807, 2.05) is 6.92 Å². The smallest absolute Gasteiger partial charge is 0.303 e. The van der Waals surface area contributed by atoms with E-state index < -0.39 is 51.9 Å². The van der Waals surface area contributed by atoms with Gasteiger partial charge < -0.3 is 23.7 Å². The quantitative estimate of drug-likeness (QED) is 0.473. The maximum Gasteiger partial charge on any atom is 0.303 e. The molecule has 1 spiro atoms. The average Bonchev–Trinajstić information content (AvgIpc) is 2.96. The van der Waals surface area contributed by atoms with Crippen LogP contribution in [-0.4, -0.2) is 63.5 Å². The van der Waals surface area contributed by atoms with Gasteiger partial charge >= 0.3 is 11.9 Å². The summed E-state index contributed by atoms with van der Waals surface area (Å²) in [6.45, 7) is 6.95. The summed E-state index contributed by atoms with van der Waals surface area (Å²) in [5, 5.41) is 0. The highest BCUT2D eigenvalue weighted by atomic mass is 32.2. The summed E-state index contributed by atoms with van der Waals surface area (Å²) in [5.41, 5.74) is 0.871. The zero-order chi connectivity index (χ0) is 23.0. The van der Waals surface area contributed by atoms with Crippen LogP contribution in [0.15, 0.2) is 29.2 Å². The molecule has 0 radical (unpaired) electrons. The van der Waals surface area contributed by atoms with Gasteiger partial charge in [-0.25, -0.2) is 0 Å². The Morgan fingerprint density at radius 3 is 2.16 bits per heavy atom. The summed E-state index contributed by atoms with van der Waals surface area (Å²) in [6, 6.07) is 6.05. The van der Waals surface area contributed by atoms with Crippen LogP contribution in [0.2, 0.25) is 0 Å². The lowest BCUT2D eigenvalue weighted by atomic mass is 9.96. The number of benzene rings is 1. The van der Waals surface area contributed by atoms with Crippen molar-refractivity contribution >= 4 is 22.1 Å². The first-order valence-corrected chi connectivity index (χ1v) is 11.1.